The molecule has 0 radical (unpaired) electrons. The van der Waals surface area contributed by atoms with E-state index >= 15 is 0 Å². The van der Waals surface area contributed by atoms with Crippen molar-refractivity contribution < 1.29 is 18.0 Å². The van der Waals surface area contributed by atoms with Crippen molar-refractivity contribution in [3.8, 4) is 0 Å². The Labute approximate surface area is 192 Å². The van der Waals surface area contributed by atoms with Gasteiger partial charge in [-0.25, -0.2) is 4.40 Å². The third-order valence-electron chi connectivity index (χ3n) is 5.57. The van der Waals surface area contributed by atoms with Gasteiger partial charge in [0.05, 0.1) is 5.71 Å². The van der Waals surface area contributed by atoms with Gasteiger partial charge < -0.3 is 5.32 Å². The summed E-state index contributed by atoms with van der Waals surface area (Å²) in [6.07, 6.45) is -2.66. The maximum absolute atomic E-state index is 14.2. The molecule has 0 bridgehead atoms. The summed E-state index contributed by atoms with van der Waals surface area (Å²) in [5.74, 6) is 0.390. The van der Waals surface area contributed by atoms with Crippen molar-refractivity contribution in [1.82, 2.24) is 5.32 Å². The van der Waals surface area contributed by atoms with Gasteiger partial charge in [-0.05, 0) is 84.7 Å². The fourth-order valence-electron chi connectivity index (χ4n) is 3.60. The van der Waals surface area contributed by atoms with Crippen molar-refractivity contribution in [3.63, 3.8) is 0 Å². The predicted molar refractivity (Wildman–Crippen MR) is 119 cm³/mol. The zero-order chi connectivity index (χ0) is 22.4. The number of carbonyl (C=O) groups is 1. The summed E-state index contributed by atoms with van der Waals surface area (Å²) in [4.78, 5) is 12.4. The van der Waals surface area contributed by atoms with Crippen LogP contribution in [0, 0.1) is 12.8 Å². The van der Waals surface area contributed by atoms with E-state index in [9.17, 15) is 18.0 Å². The van der Waals surface area contributed by atoms with Gasteiger partial charge in [-0.1, -0.05) is 29.3 Å². The largest absolute Gasteiger partial charge is 0.409 e. The summed E-state index contributed by atoms with van der Waals surface area (Å²) in [6, 6.07) is 8.97. The van der Waals surface area contributed by atoms with Gasteiger partial charge in [-0.15, -0.1) is 0 Å². The molecule has 2 aromatic rings. The van der Waals surface area contributed by atoms with Crippen LogP contribution in [0.2, 0.25) is 10.0 Å². The smallest absolute Gasteiger partial charge is 0.352 e. The van der Waals surface area contributed by atoms with Crippen LogP contribution in [0.4, 0.5) is 13.2 Å². The Bertz CT molecular complexity index is 1050. The molecule has 1 unspecified atom stereocenters. The van der Waals surface area contributed by atoms with Gasteiger partial charge in [0.1, 0.15) is 0 Å². The van der Waals surface area contributed by atoms with Crippen molar-refractivity contribution in [2.45, 2.75) is 37.1 Å². The average molecular weight is 487 g/mol. The molecule has 1 N–H and O–H groups in total. The standard InChI is InChI=1S/C22H19Cl2F3N2OS/c1-12-6-14(4-5-18(12)20(30)28-11-13-2-3-13)19-10-21(31-29-19,22(25,26)27)15-7-16(23)9-17(24)8-15/h4-9,13H,2-3,10-11H2,1H3,(H,28,30). The van der Waals surface area contributed by atoms with Gasteiger partial charge in [0.2, 0.25) is 0 Å². The summed E-state index contributed by atoms with van der Waals surface area (Å²) < 4.78 is 44.6. The first-order valence-corrected chi connectivity index (χ1v) is 11.3. The normalized spacial score (nSPS) is 21.2. The van der Waals surface area contributed by atoms with Crippen molar-refractivity contribution in [2.24, 2.45) is 10.3 Å². The van der Waals surface area contributed by atoms with Crippen molar-refractivity contribution >= 4 is 46.8 Å². The highest BCUT2D eigenvalue weighted by Crippen LogP contribution is 2.57. The highest BCUT2D eigenvalue weighted by molar-refractivity contribution is 7.99. The van der Waals surface area contributed by atoms with Gasteiger partial charge in [0.15, 0.2) is 4.75 Å². The molecule has 0 spiro atoms. The first-order chi connectivity index (χ1) is 14.6. The molecule has 9 heteroatoms. The van der Waals surface area contributed by atoms with Crippen LogP contribution >= 0.6 is 35.1 Å². The van der Waals surface area contributed by atoms with E-state index in [2.05, 4.69) is 9.71 Å². The fourth-order valence-corrected chi connectivity index (χ4v) is 5.09. The number of carbonyl (C=O) groups excluding carboxylic acids is 1. The van der Waals surface area contributed by atoms with E-state index in [1.165, 1.54) is 18.2 Å². The molecule has 1 saturated carbocycles. The second kappa shape index (κ2) is 8.34. The minimum absolute atomic E-state index is 0.0333. The lowest BCUT2D eigenvalue weighted by molar-refractivity contribution is -0.159. The zero-order valence-corrected chi connectivity index (χ0v) is 18.9. The van der Waals surface area contributed by atoms with E-state index < -0.39 is 10.9 Å². The Kier molecular flexibility index (Phi) is 6.05. The van der Waals surface area contributed by atoms with E-state index in [0.717, 1.165) is 12.8 Å². The molecule has 2 aliphatic rings. The van der Waals surface area contributed by atoms with Crippen LogP contribution in [0.3, 0.4) is 0 Å². The Morgan fingerprint density at radius 2 is 1.87 bits per heavy atom. The molecule has 1 amide bonds. The molecule has 0 saturated heterocycles. The van der Waals surface area contributed by atoms with Crippen molar-refractivity contribution in [3.05, 3.63) is 68.7 Å². The number of rotatable bonds is 5. The van der Waals surface area contributed by atoms with E-state index in [-0.39, 0.29) is 27.9 Å². The molecule has 4 rings (SSSR count). The third kappa shape index (κ3) is 4.59. The molecule has 1 aliphatic carbocycles. The Balaban J connectivity index is 1.59. The topological polar surface area (TPSA) is 41.5 Å². The van der Waals surface area contributed by atoms with Crippen LogP contribution in [0.1, 0.15) is 46.3 Å². The van der Waals surface area contributed by atoms with E-state index in [1.807, 2.05) is 0 Å². The van der Waals surface area contributed by atoms with Crippen LogP contribution in [0.5, 0.6) is 0 Å². The SMILES string of the molecule is Cc1cc(C2=NSC(c3cc(Cl)cc(Cl)c3)(C(F)(F)F)C2)ccc1C(=O)NCC1CC1. The van der Waals surface area contributed by atoms with Crippen molar-refractivity contribution in [2.75, 3.05) is 6.54 Å². The summed E-state index contributed by atoms with van der Waals surface area (Å²) >= 11 is 12.4. The quantitative estimate of drug-likeness (QED) is 0.475. The summed E-state index contributed by atoms with van der Waals surface area (Å²) in [5, 5.41) is 3.18. The summed E-state index contributed by atoms with van der Waals surface area (Å²) in [6.45, 7) is 2.42. The average Bonchev–Trinajstić information content (AvgIpc) is 3.39. The number of alkyl halides is 3. The van der Waals surface area contributed by atoms with Gasteiger partial charge >= 0.3 is 6.18 Å². The molecular weight excluding hydrogens is 468 g/mol. The number of nitrogens with zero attached hydrogens (tertiary/aromatic N) is 1. The van der Waals surface area contributed by atoms with Gasteiger partial charge in [0.25, 0.3) is 5.91 Å². The maximum Gasteiger partial charge on any atom is 0.409 e. The minimum atomic E-state index is -4.57. The molecule has 3 nitrogen and oxygen atoms in total. The third-order valence-corrected chi connectivity index (χ3v) is 7.24. The lowest BCUT2D eigenvalue weighted by Gasteiger charge is -2.30. The van der Waals surface area contributed by atoms with E-state index in [1.54, 1.807) is 25.1 Å². The van der Waals surface area contributed by atoms with Crippen LogP contribution in [0.25, 0.3) is 0 Å². The molecular formula is C22H19Cl2F3N2OS. The number of amides is 1. The molecule has 1 aliphatic heterocycles. The fraction of sp³-hybridized carbons (Fsp3) is 0.364. The number of halogens is 5. The van der Waals surface area contributed by atoms with E-state index in [4.69, 9.17) is 23.2 Å². The molecule has 1 atom stereocenters. The Morgan fingerprint density at radius 1 is 1.19 bits per heavy atom. The highest BCUT2D eigenvalue weighted by Gasteiger charge is 2.60. The monoisotopic (exact) mass is 486 g/mol. The maximum atomic E-state index is 14.2. The highest BCUT2D eigenvalue weighted by atomic mass is 35.5. The summed E-state index contributed by atoms with van der Waals surface area (Å²) in [7, 11) is 0. The number of nitrogens with one attached hydrogen (secondary N) is 1. The lowest BCUT2D eigenvalue weighted by Crippen LogP contribution is -2.38. The Hall–Kier alpha value is -1.70. The number of hydrogen-bond donors (Lipinski definition) is 1. The molecule has 1 heterocycles. The first kappa shape index (κ1) is 22.5. The van der Waals surface area contributed by atoms with Crippen LogP contribution < -0.4 is 5.32 Å². The van der Waals surface area contributed by atoms with Gasteiger partial charge in [-0.2, -0.15) is 13.2 Å². The minimum Gasteiger partial charge on any atom is -0.352 e. The summed E-state index contributed by atoms with van der Waals surface area (Å²) in [5.41, 5.74) is 2.04. The molecule has 164 valence electrons. The lowest BCUT2D eigenvalue weighted by atomic mass is 9.89. The molecule has 0 aromatic heterocycles. The number of aryl methyl sites for hydroxylation is 1. The zero-order valence-electron chi connectivity index (χ0n) is 16.5. The van der Waals surface area contributed by atoms with Crippen LogP contribution in [-0.4, -0.2) is 24.3 Å². The number of benzene rings is 2. The van der Waals surface area contributed by atoms with Crippen molar-refractivity contribution in [1.29, 1.82) is 0 Å². The molecule has 31 heavy (non-hydrogen) atoms. The second-order valence-corrected chi connectivity index (χ2v) is 9.91. The first-order valence-electron chi connectivity index (χ1n) is 9.76. The molecule has 1 fully saturated rings. The van der Waals surface area contributed by atoms with E-state index in [0.29, 0.717) is 46.8 Å². The van der Waals surface area contributed by atoms with Gasteiger partial charge in [-0.3, -0.25) is 4.79 Å². The number of hydrogen-bond acceptors (Lipinski definition) is 3. The molecule has 2 aromatic carbocycles. The van der Waals surface area contributed by atoms with Gasteiger partial charge in [0, 0.05) is 28.6 Å². The predicted octanol–water partition coefficient (Wildman–Crippen LogP) is 6.74. The second-order valence-electron chi connectivity index (χ2n) is 7.97. The Morgan fingerprint density at radius 3 is 2.45 bits per heavy atom. The van der Waals surface area contributed by atoms with Crippen LogP contribution in [0.15, 0.2) is 40.8 Å². The van der Waals surface area contributed by atoms with Crippen LogP contribution in [-0.2, 0) is 4.75 Å².